The van der Waals surface area contributed by atoms with E-state index in [-0.39, 0.29) is 16.6 Å². The van der Waals surface area contributed by atoms with Gasteiger partial charge in [0.25, 0.3) is 5.91 Å². The lowest BCUT2D eigenvalue weighted by molar-refractivity contribution is -0.136. The number of nitrogens with one attached hydrogen (secondary N) is 1. The number of nitrogens with zero attached hydrogens (tertiary/aromatic N) is 4. The van der Waals surface area contributed by atoms with Crippen LogP contribution in [-0.4, -0.2) is 25.7 Å². The molecule has 10 heteroatoms. The predicted molar refractivity (Wildman–Crippen MR) is 82.1 cm³/mol. The summed E-state index contributed by atoms with van der Waals surface area (Å²) >= 11 is 0.961. The first-order valence-corrected chi connectivity index (χ1v) is 7.78. The Morgan fingerprint density at radius 3 is 2.62 bits per heavy atom. The molecule has 1 amide bonds. The number of rotatable bonds is 3. The van der Waals surface area contributed by atoms with Gasteiger partial charge in [0, 0.05) is 5.92 Å². The third-order valence-electron chi connectivity index (χ3n) is 3.21. The molecular weight excluding hydrogens is 343 g/mol. The zero-order valence-electron chi connectivity index (χ0n) is 12.6. The minimum absolute atomic E-state index is 0.0128. The van der Waals surface area contributed by atoms with E-state index in [1.165, 1.54) is 22.7 Å². The lowest BCUT2D eigenvalue weighted by atomic mass is 10.1. The van der Waals surface area contributed by atoms with E-state index in [2.05, 4.69) is 20.6 Å². The molecule has 0 bridgehead atoms. The Bertz CT molecular complexity index is 899. The fourth-order valence-electron chi connectivity index (χ4n) is 2.10. The van der Waals surface area contributed by atoms with Crippen molar-refractivity contribution >= 4 is 27.9 Å². The third kappa shape index (κ3) is 2.96. The van der Waals surface area contributed by atoms with Gasteiger partial charge < -0.3 is 5.32 Å². The van der Waals surface area contributed by atoms with E-state index in [1.807, 2.05) is 13.8 Å². The first kappa shape index (κ1) is 16.4. The first-order chi connectivity index (χ1) is 11.3. The van der Waals surface area contributed by atoms with Crippen molar-refractivity contribution in [1.29, 1.82) is 0 Å². The van der Waals surface area contributed by atoms with Crippen molar-refractivity contribution in [2.24, 2.45) is 0 Å². The van der Waals surface area contributed by atoms with Crippen molar-refractivity contribution < 1.29 is 18.0 Å². The second-order valence-electron chi connectivity index (χ2n) is 5.31. The predicted octanol–water partition coefficient (Wildman–Crippen LogP) is 3.58. The zero-order valence-corrected chi connectivity index (χ0v) is 13.4. The summed E-state index contributed by atoms with van der Waals surface area (Å²) in [5.74, 6) is -0.100. The van der Waals surface area contributed by atoms with Crippen LogP contribution in [-0.2, 0) is 6.18 Å². The molecule has 126 valence electrons. The van der Waals surface area contributed by atoms with Crippen LogP contribution in [0, 0.1) is 0 Å². The van der Waals surface area contributed by atoms with Crippen LogP contribution in [0.1, 0.15) is 41.0 Å². The summed E-state index contributed by atoms with van der Waals surface area (Å²) in [6.07, 6.45) is -4.56. The highest BCUT2D eigenvalue weighted by Crippen LogP contribution is 2.34. The Hall–Kier alpha value is -2.49. The number of aromatic nitrogens is 4. The normalized spacial score (nSPS) is 12.1. The van der Waals surface area contributed by atoms with E-state index < -0.39 is 17.6 Å². The number of para-hydroxylation sites is 1. The Morgan fingerprint density at radius 2 is 1.96 bits per heavy atom. The summed E-state index contributed by atoms with van der Waals surface area (Å²) in [6.45, 7) is 3.80. The largest absolute Gasteiger partial charge is 0.418 e. The van der Waals surface area contributed by atoms with E-state index in [0.717, 1.165) is 17.4 Å². The highest BCUT2D eigenvalue weighted by atomic mass is 32.1. The average Bonchev–Trinajstić information content (AvgIpc) is 3.06. The van der Waals surface area contributed by atoms with Crippen LogP contribution in [0.15, 0.2) is 24.3 Å². The maximum absolute atomic E-state index is 13.0. The maximum Gasteiger partial charge on any atom is 0.418 e. The lowest BCUT2D eigenvalue weighted by Gasteiger charge is -2.12. The fourth-order valence-corrected chi connectivity index (χ4v) is 2.84. The average molecular weight is 355 g/mol. The molecule has 24 heavy (non-hydrogen) atoms. The Balaban J connectivity index is 1.91. The van der Waals surface area contributed by atoms with Crippen LogP contribution >= 0.6 is 11.3 Å². The SMILES string of the molecule is CC(C)c1nnc2sc(C(=O)Nc3ccccc3C(F)(F)F)nn12. The van der Waals surface area contributed by atoms with Gasteiger partial charge in [-0.15, -0.1) is 15.3 Å². The Kier molecular flexibility index (Phi) is 3.99. The monoisotopic (exact) mass is 355 g/mol. The zero-order chi connectivity index (χ0) is 17.5. The van der Waals surface area contributed by atoms with Crippen molar-refractivity contribution in [1.82, 2.24) is 19.8 Å². The fraction of sp³-hybridized carbons (Fsp3) is 0.286. The summed E-state index contributed by atoms with van der Waals surface area (Å²) in [6, 6.07) is 4.78. The number of hydrogen-bond acceptors (Lipinski definition) is 5. The number of halogens is 3. The summed E-state index contributed by atoms with van der Waals surface area (Å²) < 4.78 is 40.4. The van der Waals surface area contributed by atoms with Gasteiger partial charge in [-0.2, -0.15) is 17.7 Å². The van der Waals surface area contributed by atoms with Crippen LogP contribution in [0.25, 0.3) is 4.96 Å². The summed E-state index contributed by atoms with van der Waals surface area (Å²) in [5, 5.41) is 14.3. The van der Waals surface area contributed by atoms with E-state index in [0.29, 0.717) is 10.8 Å². The van der Waals surface area contributed by atoms with Gasteiger partial charge in [-0.3, -0.25) is 4.79 Å². The molecule has 0 aliphatic rings. The van der Waals surface area contributed by atoms with Crippen molar-refractivity contribution in [2.75, 3.05) is 5.32 Å². The number of amides is 1. The number of carbonyl (C=O) groups excluding carboxylic acids is 1. The summed E-state index contributed by atoms with van der Waals surface area (Å²) in [5.41, 5.74) is -1.23. The summed E-state index contributed by atoms with van der Waals surface area (Å²) in [4.78, 5) is 12.7. The third-order valence-corrected chi connectivity index (χ3v) is 4.10. The number of benzene rings is 1. The maximum atomic E-state index is 13.0. The molecule has 3 aromatic rings. The lowest BCUT2D eigenvalue weighted by Crippen LogP contribution is -2.16. The van der Waals surface area contributed by atoms with Crippen molar-refractivity contribution in [2.45, 2.75) is 25.9 Å². The van der Waals surface area contributed by atoms with E-state index in [4.69, 9.17) is 0 Å². The number of fused-ring (bicyclic) bond motifs is 1. The second kappa shape index (κ2) is 5.86. The number of anilines is 1. The van der Waals surface area contributed by atoms with Gasteiger partial charge in [-0.25, -0.2) is 0 Å². The first-order valence-electron chi connectivity index (χ1n) is 6.97. The van der Waals surface area contributed by atoms with Crippen LogP contribution in [0.2, 0.25) is 0 Å². The molecule has 2 aromatic heterocycles. The number of alkyl halides is 3. The minimum atomic E-state index is -4.56. The molecule has 0 radical (unpaired) electrons. The van der Waals surface area contributed by atoms with Gasteiger partial charge in [0.05, 0.1) is 11.3 Å². The molecule has 0 atom stereocenters. The van der Waals surface area contributed by atoms with Crippen LogP contribution in [0.5, 0.6) is 0 Å². The van der Waals surface area contributed by atoms with E-state index in [1.54, 1.807) is 0 Å². The molecule has 0 spiro atoms. The molecule has 0 fully saturated rings. The Morgan fingerprint density at radius 1 is 1.25 bits per heavy atom. The molecule has 0 saturated heterocycles. The molecule has 6 nitrogen and oxygen atoms in total. The van der Waals surface area contributed by atoms with Gasteiger partial charge in [-0.05, 0) is 12.1 Å². The topological polar surface area (TPSA) is 72.2 Å². The molecule has 0 aliphatic heterocycles. The Labute approximate surface area is 138 Å². The van der Waals surface area contributed by atoms with Gasteiger partial charge in [-0.1, -0.05) is 37.3 Å². The molecule has 0 unspecified atom stereocenters. The minimum Gasteiger partial charge on any atom is -0.319 e. The quantitative estimate of drug-likeness (QED) is 0.779. The molecule has 0 aliphatic carbocycles. The van der Waals surface area contributed by atoms with Gasteiger partial charge in [0.15, 0.2) is 5.82 Å². The summed E-state index contributed by atoms with van der Waals surface area (Å²) in [7, 11) is 0. The smallest absolute Gasteiger partial charge is 0.319 e. The van der Waals surface area contributed by atoms with Crippen LogP contribution < -0.4 is 5.32 Å². The van der Waals surface area contributed by atoms with E-state index in [9.17, 15) is 18.0 Å². The standard InChI is InChI=1S/C14H12F3N5OS/c1-7(2)10-19-20-13-22(10)21-12(24-13)11(23)18-9-6-4-3-5-8(9)14(15,16)17/h3-7H,1-2H3,(H,18,23). The highest BCUT2D eigenvalue weighted by Gasteiger charge is 2.33. The molecular formula is C14H12F3N5OS. The van der Waals surface area contributed by atoms with Gasteiger partial charge in [0.1, 0.15) is 0 Å². The molecule has 2 heterocycles. The van der Waals surface area contributed by atoms with Gasteiger partial charge in [0.2, 0.25) is 9.97 Å². The van der Waals surface area contributed by atoms with Gasteiger partial charge >= 0.3 is 6.18 Å². The van der Waals surface area contributed by atoms with Crippen LogP contribution in [0.3, 0.4) is 0 Å². The highest BCUT2D eigenvalue weighted by molar-refractivity contribution is 7.18. The number of hydrogen-bond donors (Lipinski definition) is 1. The van der Waals surface area contributed by atoms with Crippen LogP contribution in [0.4, 0.5) is 18.9 Å². The van der Waals surface area contributed by atoms with Crippen molar-refractivity contribution in [3.05, 3.63) is 40.7 Å². The van der Waals surface area contributed by atoms with Crippen molar-refractivity contribution in [3.8, 4) is 0 Å². The van der Waals surface area contributed by atoms with Crippen molar-refractivity contribution in [3.63, 3.8) is 0 Å². The molecule has 3 rings (SSSR count). The molecule has 1 N–H and O–H groups in total. The molecule has 1 aromatic carbocycles. The number of carbonyl (C=O) groups is 1. The molecule has 0 saturated carbocycles. The van der Waals surface area contributed by atoms with E-state index >= 15 is 0 Å². The second-order valence-corrected chi connectivity index (χ2v) is 6.27.